The van der Waals surface area contributed by atoms with Crippen molar-refractivity contribution in [1.82, 2.24) is 20.0 Å². The molecule has 296 valence electrons. The molecule has 0 radical (unpaired) electrons. The standard InChI is InChI=1S/C43H53F3N4O5/c1-41-15-16-43(45,46)25-28(41)8-9-31-33-10-12-37(42(33,2)14-13-34(31)41)55-22-21-54-26-38(51)49-17-19-50(20-18-49)40(53)32-23-27(7-11-35(32)44)24-36-29-5-3-4-6-30(29)39(52)48-47-36/h3-7,11,23,28,31,33-34,37H,8-10,12-22,24-26H2,1-2H3,(H,48,52)/t28-,31-,33-,34-,37-,41-,42-/m1/s1. The number of H-pyrrole nitrogens is 1. The molecule has 12 heteroatoms. The van der Waals surface area contributed by atoms with Crippen molar-refractivity contribution in [3.8, 4) is 0 Å². The molecular weight excluding hydrogens is 709 g/mol. The van der Waals surface area contributed by atoms with Crippen molar-refractivity contribution >= 4 is 22.6 Å². The first kappa shape index (κ1) is 38.1. The first-order valence-corrected chi connectivity index (χ1v) is 20.3. The van der Waals surface area contributed by atoms with E-state index < -0.39 is 17.6 Å². The molecule has 1 aliphatic heterocycles. The fourth-order valence-corrected chi connectivity index (χ4v) is 11.6. The highest BCUT2D eigenvalue weighted by atomic mass is 19.3. The number of halogens is 3. The summed E-state index contributed by atoms with van der Waals surface area (Å²) in [6, 6.07) is 11.6. The lowest BCUT2D eigenvalue weighted by Crippen LogP contribution is -2.55. The second-order valence-corrected chi connectivity index (χ2v) is 17.5. The number of fused-ring (bicyclic) bond motifs is 6. The van der Waals surface area contributed by atoms with Gasteiger partial charge in [0.2, 0.25) is 11.8 Å². The number of alkyl halides is 2. The van der Waals surface area contributed by atoms with Gasteiger partial charge in [0, 0.05) is 50.8 Å². The van der Waals surface area contributed by atoms with Gasteiger partial charge in [0.1, 0.15) is 12.4 Å². The Balaban J connectivity index is 0.780. The average Bonchev–Trinajstić information content (AvgIpc) is 3.52. The van der Waals surface area contributed by atoms with E-state index >= 15 is 0 Å². The third kappa shape index (κ3) is 7.22. The summed E-state index contributed by atoms with van der Waals surface area (Å²) in [6.45, 7) is 6.53. The van der Waals surface area contributed by atoms with Gasteiger partial charge in [0.05, 0.1) is 36.0 Å². The molecule has 5 fully saturated rings. The summed E-state index contributed by atoms with van der Waals surface area (Å²) in [4.78, 5) is 41.9. The molecule has 9 nitrogen and oxygen atoms in total. The van der Waals surface area contributed by atoms with E-state index in [2.05, 4.69) is 24.0 Å². The Morgan fingerprint density at radius 1 is 0.873 bits per heavy atom. The minimum absolute atomic E-state index is 0.0273. The van der Waals surface area contributed by atoms with Crippen molar-refractivity contribution in [2.45, 2.75) is 90.1 Å². The molecule has 7 atom stereocenters. The summed E-state index contributed by atoms with van der Waals surface area (Å²) in [7, 11) is 0. The molecule has 4 aliphatic carbocycles. The Labute approximate surface area is 320 Å². The van der Waals surface area contributed by atoms with Crippen LogP contribution in [0.15, 0.2) is 47.3 Å². The van der Waals surface area contributed by atoms with Gasteiger partial charge in [-0.2, -0.15) is 5.10 Å². The number of nitrogens with one attached hydrogen (secondary N) is 1. The molecule has 8 rings (SSSR count). The number of piperazine rings is 1. The SMILES string of the molecule is C[C@@]12CCC(F)(F)C[C@H]1CC[C@H]1[C@H]2CC[C@]2(C)[C@@H]1CC[C@H]2OCCOCC(=O)N1CCN(C(=O)c2cc(Cc3n[nH]c(=O)c4ccccc34)ccc2F)CC1. The van der Waals surface area contributed by atoms with E-state index in [-0.39, 0.29) is 72.4 Å². The van der Waals surface area contributed by atoms with Crippen LogP contribution >= 0.6 is 0 Å². The Morgan fingerprint density at radius 2 is 1.62 bits per heavy atom. The molecule has 1 aromatic heterocycles. The van der Waals surface area contributed by atoms with Crippen molar-refractivity contribution in [2.24, 2.45) is 34.5 Å². The number of aromatic nitrogens is 2. The van der Waals surface area contributed by atoms with E-state index in [4.69, 9.17) is 9.47 Å². The van der Waals surface area contributed by atoms with E-state index in [0.717, 1.165) is 38.5 Å². The summed E-state index contributed by atoms with van der Waals surface area (Å²) in [5, 5.41) is 7.94. The predicted molar refractivity (Wildman–Crippen MR) is 201 cm³/mol. The lowest BCUT2D eigenvalue weighted by molar-refractivity contribution is -0.170. The number of nitrogens with zero attached hydrogens (tertiary/aromatic N) is 3. The number of rotatable bonds is 9. The smallest absolute Gasteiger partial charge is 0.272 e. The predicted octanol–water partition coefficient (Wildman–Crippen LogP) is 7.02. The van der Waals surface area contributed by atoms with Gasteiger partial charge in [0.25, 0.3) is 11.5 Å². The minimum Gasteiger partial charge on any atom is -0.375 e. The van der Waals surface area contributed by atoms with Gasteiger partial charge in [-0.3, -0.25) is 14.4 Å². The van der Waals surface area contributed by atoms with Crippen molar-refractivity contribution in [3.63, 3.8) is 0 Å². The van der Waals surface area contributed by atoms with Crippen LogP contribution in [0.25, 0.3) is 10.8 Å². The molecule has 1 saturated heterocycles. The molecule has 55 heavy (non-hydrogen) atoms. The van der Waals surface area contributed by atoms with Crippen LogP contribution in [0.2, 0.25) is 0 Å². The first-order valence-electron chi connectivity index (χ1n) is 20.3. The zero-order valence-electron chi connectivity index (χ0n) is 32.0. The third-order valence-electron chi connectivity index (χ3n) is 14.7. The second-order valence-electron chi connectivity index (χ2n) is 17.5. The van der Waals surface area contributed by atoms with Crippen LogP contribution < -0.4 is 5.56 Å². The van der Waals surface area contributed by atoms with Crippen LogP contribution in [0.5, 0.6) is 0 Å². The van der Waals surface area contributed by atoms with E-state index in [1.54, 1.807) is 28.0 Å². The molecule has 3 aromatic rings. The normalized spacial score (nSPS) is 31.5. The topological polar surface area (TPSA) is 105 Å². The van der Waals surface area contributed by atoms with Gasteiger partial charge in [-0.15, -0.1) is 0 Å². The fourth-order valence-electron chi connectivity index (χ4n) is 11.6. The molecule has 0 unspecified atom stereocenters. The molecule has 4 saturated carbocycles. The van der Waals surface area contributed by atoms with Gasteiger partial charge < -0.3 is 19.3 Å². The molecule has 5 aliphatic rings. The van der Waals surface area contributed by atoms with Crippen molar-refractivity contribution < 1.29 is 32.2 Å². The van der Waals surface area contributed by atoms with E-state index in [1.807, 2.05) is 12.1 Å². The number of benzene rings is 2. The maximum absolute atomic E-state index is 15.0. The summed E-state index contributed by atoms with van der Waals surface area (Å²) >= 11 is 0. The number of hydrogen-bond acceptors (Lipinski definition) is 6. The summed E-state index contributed by atoms with van der Waals surface area (Å²) in [5.41, 5.74) is 1.09. The average molecular weight is 763 g/mol. The molecule has 1 N–H and O–H groups in total. The number of hydrogen-bond donors (Lipinski definition) is 1. The Hall–Kier alpha value is -3.77. The monoisotopic (exact) mass is 762 g/mol. The Morgan fingerprint density at radius 3 is 2.42 bits per heavy atom. The molecule has 2 heterocycles. The number of carbonyl (C=O) groups is 2. The van der Waals surface area contributed by atoms with Crippen LogP contribution in [0.1, 0.15) is 93.3 Å². The van der Waals surface area contributed by atoms with Crippen LogP contribution in [-0.2, 0) is 20.7 Å². The quantitative estimate of drug-likeness (QED) is 0.235. The van der Waals surface area contributed by atoms with Crippen LogP contribution in [0.4, 0.5) is 13.2 Å². The highest BCUT2D eigenvalue weighted by molar-refractivity contribution is 5.95. The minimum atomic E-state index is -2.50. The maximum Gasteiger partial charge on any atom is 0.272 e. The van der Waals surface area contributed by atoms with Crippen LogP contribution in [0.3, 0.4) is 0 Å². The van der Waals surface area contributed by atoms with Crippen LogP contribution in [-0.4, -0.2) is 89.8 Å². The first-order chi connectivity index (χ1) is 26.4. The van der Waals surface area contributed by atoms with E-state index in [0.29, 0.717) is 78.9 Å². The zero-order valence-corrected chi connectivity index (χ0v) is 32.0. The van der Waals surface area contributed by atoms with Crippen molar-refractivity contribution in [3.05, 3.63) is 75.5 Å². The van der Waals surface area contributed by atoms with Crippen molar-refractivity contribution in [2.75, 3.05) is 46.0 Å². The van der Waals surface area contributed by atoms with Crippen LogP contribution in [0, 0.1) is 40.3 Å². The van der Waals surface area contributed by atoms with Gasteiger partial charge in [-0.1, -0.05) is 38.1 Å². The summed E-state index contributed by atoms with van der Waals surface area (Å²) in [5.74, 6) is -1.90. The fraction of sp³-hybridized carbons (Fsp3) is 0.628. The summed E-state index contributed by atoms with van der Waals surface area (Å²) in [6.07, 6.45) is 7.44. The third-order valence-corrected chi connectivity index (χ3v) is 14.7. The number of carbonyl (C=O) groups excluding carboxylic acids is 2. The molecule has 2 amide bonds. The lowest BCUT2D eigenvalue weighted by Gasteiger charge is -2.61. The van der Waals surface area contributed by atoms with E-state index in [1.165, 1.54) is 12.1 Å². The second kappa shape index (κ2) is 15.0. The number of aromatic amines is 1. The summed E-state index contributed by atoms with van der Waals surface area (Å²) < 4.78 is 55.9. The molecule has 2 aromatic carbocycles. The molecule has 0 bridgehead atoms. The van der Waals surface area contributed by atoms with Gasteiger partial charge in [-0.05, 0) is 103 Å². The highest BCUT2D eigenvalue weighted by Crippen LogP contribution is 2.67. The number of ether oxygens (including phenoxy) is 2. The lowest BCUT2D eigenvalue weighted by atomic mass is 9.45. The van der Waals surface area contributed by atoms with E-state index in [9.17, 15) is 27.6 Å². The Kier molecular flexibility index (Phi) is 10.4. The van der Waals surface area contributed by atoms with Gasteiger partial charge in [0.15, 0.2) is 0 Å². The number of amides is 2. The highest BCUT2D eigenvalue weighted by Gasteiger charge is 2.62. The van der Waals surface area contributed by atoms with Gasteiger partial charge >= 0.3 is 0 Å². The molecular formula is C43H53F3N4O5. The zero-order chi connectivity index (χ0) is 38.5. The Bertz CT molecular complexity index is 1980. The van der Waals surface area contributed by atoms with Crippen molar-refractivity contribution in [1.29, 1.82) is 0 Å². The largest absolute Gasteiger partial charge is 0.375 e. The maximum atomic E-state index is 15.0. The molecule has 0 spiro atoms. The van der Waals surface area contributed by atoms with Gasteiger partial charge in [-0.25, -0.2) is 18.3 Å².